The molecule has 0 bridgehead atoms. The summed E-state index contributed by atoms with van der Waals surface area (Å²) in [5, 5.41) is 4.04. The molecule has 0 spiro atoms. The maximum atomic E-state index is 14.0. The third-order valence-corrected chi connectivity index (χ3v) is 3.64. The molecule has 0 aliphatic rings. The van der Waals surface area contributed by atoms with Gasteiger partial charge in [0.2, 0.25) is 0 Å². The molecule has 1 N–H and O–H groups in total. The first kappa shape index (κ1) is 16.1. The molecule has 0 atom stereocenters. The third kappa shape index (κ3) is 4.34. The van der Waals surface area contributed by atoms with Crippen LogP contribution in [-0.2, 0) is 6.54 Å². The van der Waals surface area contributed by atoms with E-state index in [9.17, 15) is 4.39 Å². The number of benzene rings is 2. The standard InChI is InChI=1S/C16H16Cl2FNO/c1-2-8-20-10-11-4-3-5-15(19)16(11)21-12-6-7-13(17)14(18)9-12/h3-7,9,20H,2,8,10H2,1H3. The zero-order valence-electron chi connectivity index (χ0n) is 11.6. The molecule has 5 heteroatoms. The molecular formula is C16H16Cl2FNO. The molecule has 21 heavy (non-hydrogen) atoms. The molecule has 0 amide bonds. The normalized spacial score (nSPS) is 10.7. The van der Waals surface area contributed by atoms with Gasteiger partial charge in [-0.15, -0.1) is 0 Å². The molecule has 0 saturated carbocycles. The van der Waals surface area contributed by atoms with Crippen molar-refractivity contribution in [3.05, 3.63) is 57.8 Å². The Labute approximate surface area is 133 Å². The lowest BCUT2D eigenvalue weighted by molar-refractivity contribution is 0.433. The zero-order chi connectivity index (χ0) is 15.2. The van der Waals surface area contributed by atoms with Crippen LogP contribution in [0.5, 0.6) is 11.5 Å². The fourth-order valence-electron chi connectivity index (χ4n) is 1.87. The van der Waals surface area contributed by atoms with Crippen molar-refractivity contribution in [1.29, 1.82) is 0 Å². The van der Waals surface area contributed by atoms with Gasteiger partial charge in [0.05, 0.1) is 10.0 Å². The number of hydrogen-bond donors (Lipinski definition) is 1. The van der Waals surface area contributed by atoms with Crippen LogP contribution in [0, 0.1) is 5.82 Å². The highest BCUT2D eigenvalue weighted by atomic mass is 35.5. The minimum absolute atomic E-state index is 0.208. The Morgan fingerprint density at radius 2 is 1.95 bits per heavy atom. The monoisotopic (exact) mass is 327 g/mol. The average Bonchev–Trinajstić information content (AvgIpc) is 2.46. The molecule has 2 aromatic carbocycles. The Hall–Kier alpha value is -1.29. The number of nitrogens with one attached hydrogen (secondary N) is 1. The molecule has 112 valence electrons. The van der Waals surface area contributed by atoms with Gasteiger partial charge in [-0.25, -0.2) is 4.39 Å². The Balaban J connectivity index is 2.23. The van der Waals surface area contributed by atoms with Gasteiger partial charge in [-0.1, -0.05) is 42.3 Å². The van der Waals surface area contributed by atoms with Crippen molar-refractivity contribution in [2.45, 2.75) is 19.9 Å². The largest absolute Gasteiger partial charge is 0.454 e. The summed E-state index contributed by atoms with van der Waals surface area (Å²) in [5.74, 6) is 0.252. The smallest absolute Gasteiger partial charge is 0.167 e. The Bertz CT molecular complexity index is 619. The topological polar surface area (TPSA) is 21.3 Å². The number of rotatable bonds is 6. The predicted octanol–water partition coefficient (Wildman–Crippen LogP) is 5.42. The van der Waals surface area contributed by atoms with Crippen LogP contribution in [0.3, 0.4) is 0 Å². The van der Waals surface area contributed by atoms with E-state index in [0.29, 0.717) is 22.3 Å². The summed E-state index contributed by atoms with van der Waals surface area (Å²) in [5.41, 5.74) is 0.759. The molecule has 0 fully saturated rings. The van der Waals surface area contributed by atoms with Gasteiger partial charge in [-0.2, -0.15) is 0 Å². The first-order chi connectivity index (χ1) is 10.1. The summed E-state index contributed by atoms with van der Waals surface area (Å²) < 4.78 is 19.7. The second-order valence-corrected chi connectivity index (χ2v) is 5.40. The summed E-state index contributed by atoms with van der Waals surface area (Å²) >= 11 is 11.8. The predicted molar refractivity (Wildman–Crippen MR) is 84.9 cm³/mol. The van der Waals surface area contributed by atoms with Gasteiger partial charge in [0.25, 0.3) is 0 Å². The van der Waals surface area contributed by atoms with E-state index >= 15 is 0 Å². The van der Waals surface area contributed by atoms with Gasteiger partial charge in [0, 0.05) is 18.2 Å². The van der Waals surface area contributed by atoms with Crippen molar-refractivity contribution in [3.63, 3.8) is 0 Å². The number of hydrogen-bond acceptors (Lipinski definition) is 2. The summed E-state index contributed by atoms with van der Waals surface area (Å²) in [6.07, 6.45) is 1.01. The van der Waals surface area contributed by atoms with E-state index in [4.69, 9.17) is 27.9 Å². The Morgan fingerprint density at radius 3 is 2.67 bits per heavy atom. The second kappa shape index (κ2) is 7.64. The van der Waals surface area contributed by atoms with Crippen LogP contribution in [0.2, 0.25) is 10.0 Å². The SMILES string of the molecule is CCCNCc1cccc(F)c1Oc1ccc(Cl)c(Cl)c1. The van der Waals surface area contributed by atoms with Crippen molar-refractivity contribution in [1.82, 2.24) is 5.32 Å². The lowest BCUT2D eigenvalue weighted by atomic mass is 10.2. The highest BCUT2D eigenvalue weighted by molar-refractivity contribution is 6.42. The number of ether oxygens (including phenoxy) is 1. The van der Waals surface area contributed by atoms with E-state index in [1.165, 1.54) is 6.07 Å². The summed E-state index contributed by atoms with van der Waals surface area (Å²) in [6, 6.07) is 9.72. The molecular weight excluding hydrogens is 312 g/mol. The quantitative estimate of drug-likeness (QED) is 0.715. The first-order valence-electron chi connectivity index (χ1n) is 6.73. The van der Waals surface area contributed by atoms with Gasteiger partial charge in [-0.05, 0) is 31.2 Å². The van der Waals surface area contributed by atoms with Crippen molar-refractivity contribution in [2.24, 2.45) is 0 Å². The van der Waals surface area contributed by atoms with E-state index in [0.717, 1.165) is 18.5 Å². The molecule has 0 aliphatic heterocycles. The Kier molecular flexibility index (Phi) is 5.85. The molecule has 0 radical (unpaired) electrons. The maximum Gasteiger partial charge on any atom is 0.167 e. The summed E-state index contributed by atoms with van der Waals surface area (Å²) in [6.45, 7) is 3.48. The van der Waals surface area contributed by atoms with Gasteiger partial charge in [0.1, 0.15) is 5.75 Å². The van der Waals surface area contributed by atoms with E-state index in [1.807, 2.05) is 6.07 Å². The van der Waals surface area contributed by atoms with E-state index in [1.54, 1.807) is 24.3 Å². The van der Waals surface area contributed by atoms with Crippen LogP contribution >= 0.6 is 23.2 Å². The lowest BCUT2D eigenvalue weighted by Crippen LogP contribution is -2.14. The molecule has 0 aliphatic carbocycles. The van der Waals surface area contributed by atoms with E-state index in [-0.39, 0.29) is 5.75 Å². The van der Waals surface area contributed by atoms with Crippen LogP contribution in [0.25, 0.3) is 0 Å². The number of para-hydroxylation sites is 1. The second-order valence-electron chi connectivity index (χ2n) is 4.58. The molecule has 0 unspecified atom stereocenters. The fourth-order valence-corrected chi connectivity index (χ4v) is 2.15. The minimum atomic E-state index is -0.406. The van der Waals surface area contributed by atoms with Crippen molar-refractivity contribution < 1.29 is 9.13 Å². The Morgan fingerprint density at radius 1 is 1.14 bits per heavy atom. The highest BCUT2D eigenvalue weighted by Gasteiger charge is 2.11. The van der Waals surface area contributed by atoms with E-state index in [2.05, 4.69) is 12.2 Å². The maximum absolute atomic E-state index is 14.0. The molecule has 2 nitrogen and oxygen atoms in total. The third-order valence-electron chi connectivity index (χ3n) is 2.90. The number of halogens is 3. The van der Waals surface area contributed by atoms with Gasteiger partial charge >= 0.3 is 0 Å². The highest BCUT2D eigenvalue weighted by Crippen LogP contribution is 2.32. The lowest BCUT2D eigenvalue weighted by Gasteiger charge is -2.13. The van der Waals surface area contributed by atoms with Crippen LogP contribution in [0.1, 0.15) is 18.9 Å². The van der Waals surface area contributed by atoms with Crippen LogP contribution in [-0.4, -0.2) is 6.54 Å². The summed E-state index contributed by atoms with van der Waals surface area (Å²) in [7, 11) is 0. The van der Waals surface area contributed by atoms with Crippen LogP contribution < -0.4 is 10.1 Å². The van der Waals surface area contributed by atoms with Gasteiger partial charge in [-0.3, -0.25) is 0 Å². The molecule has 0 heterocycles. The molecule has 0 aromatic heterocycles. The molecule has 0 saturated heterocycles. The van der Waals surface area contributed by atoms with Gasteiger partial charge < -0.3 is 10.1 Å². The zero-order valence-corrected chi connectivity index (χ0v) is 13.1. The average molecular weight is 328 g/mol. The van der Waals surface area contributed by atoms with Gasteiger partial charge in [0.15, 0.2) is 11.6 Å². The van der Waals surface area contributed by atoms with Crippen molar-refractivity contribution in [3.8, 4) is 11.5 Å². The van der Waals surface area contributed by atoms with Crippen molar-refractivity contribution >= 4 is 23.2 Å². The first-order valence-corrected chi connectivity index (χ1v) is 7.48. The van der Waals surface area contributed by atoms with Crippen LogP contribution in [0.4, 0.5) is 4.39 Å². The van der Waals surface area contributed by atoms with E-state index < -0.39 is 5.82 Å². The van der Waals surface area contributed by atoms with Crippen molar-refractivity contribution in [2.75, 3.05) is 6.54 Å². The molecule has 2 rings (SSSR count). The fraction of sp³-hybridized carbons (Fsp3) is 0.250. The molecule has 2 aromatic rings. The minimum Gasteiger partial charge on any atom is -0.454 e. The summed E-state index contributed by atoms with van der Waals surface area (Å²) in [4.78, 5) is 0. The van der Waals surface area contributed by atoms with Crippen LogP contribution in [0.15, 0.2) is 36.4 Å².